The minimum atomic E-state index is -0.443. The smallest absolute Gasteiger partial charge is 0.288 e. The molecule has 1 fully saturated rings. The topological polar surface area (TPSA) is 55.2 Å². The summed E-state index contributed by atoms with van der Waals surface area (Å²) in [6, 6.07) is 3.20. The Bertz CT molecular complexity index is 497. The van der Waals surface area contributed by atoms with Crippen molar-refractivity contribution in [1.82, 2.24) is 0 Å². The van der Waals surface area contributed by atoms with Crippen molar-refractivity contribution in [1.29, 1.82) is 0 Å². The largest absolute Gasteiger partial charge is 0.385 e. The van der Waals surface area contributed by atoms with Gasteiger partial charge in [0.1, 0.15) is 5.02 Å². The Labute approximate surface area is 124 Å². The molecule has 1 aliphatic rings. The summed E-state index contributed by atoms with van der Waals surface area (Å²) in [5.74, 6) is 1.54. The molecule has 0 aromatic heterocycles. The SMILES string of the molecule is Cc1cc([N+](=O)[O-])c(Cl)cc1NCC1CCC(C)CC1. The molecule has 20 heavy (non-hydrogen) atoms. The molecule has 0 atom stereocenters. The summed E-state index contributed by atoms with van der Waals surface area (Å²) in [6.07, 6.45) is 5.11. The maximum atomic E-state index is 10.8. The quantitative estimate of drug-likeness (QED) is 0.641. The zero-order valence-corrected chi connectivity index (χ0v) is 12.7. The van der Waals surface area contributed by atoms with Crippen molar-refractivity contribution in [2.24, 2.45) is 11.8 Å². The molecule has 1 aromatic carbocycles. The summed E-state index contributed by atoms with van der Waals surface area (Å²) in [6.45, 7) is 5.10. The number of nitrogens with zero attached hydrogens (tertiary/aromatic N) is 1. The molecule has 0 amide bonds. The van der Waals surface area contributed by atoms with E-state index in [1.807, 2.05) is 6.92 Å². The van der Waals surface area contributed by atoms with E-state index in [9.17, 15) is 10.1 Å². The van der Waals surface area contributed by atoms with Gasteiger partial charge < -0.3 is 5.32 Å². The van der Waals surface area contributed by atoms with Crippen molar-refractivity contribution >= 4 is 23.0 Å². The molecule has 0 unspecified atom stereocenters. The molecule has 5 heteroatoms. The van der Waals surface area contributed by atoms with Gasteiger partial charge in [-0.3, -0.25) is 10.1 Å². The van der Waals surface area contributed by atoms with Crippen molar-refractivity contribution in [2.75, 3.05) is 11.9 Å². The lowest BCUT2D eigenvalue weighted by atomic mass is 9.83. The van der Waals surface area contributed by atoms with E-state index in [2.05, 4.69) is 12.2 Å². The predicted octanol–water partition coefficient (Wildman–Crippen LogP) is 4.79. The Hall–Kier alpha value is -1.29. The molecule has 0 saturated heterocycles. The summed E-state index contributed by atoms with van der Waals surface area (Å²) in [4.78, 5) is 10.4. The van der Waals surface area contributed by atoms with E-state index >= 15 is 0 Å². The molecular formula is C15H21ClN2O2. The van der Waals surface area contributed by atoms with Crippen LogP contribution in [0, 0.1) is 28.9 Å². The van der Waals surface area contributed by atoms with Crippen LogP contribution in [0.15, 0.2) is 12.1 Å². The monoisotopic (exact) mass is 296 g/mol. The summed E-state index contributed by atoms with van der Waals surface area (Å²) in [5.41, 5.74) is 1.74. The third-order valence-corrected chi connectivity index (χ3v) is 4.51. The van der Waals surface area contributed by atoms with E-state index < -0.39 is 4.92 Å². The molecule has 110 valence electrons. The Morgan fingerprint density at radius 2 is 2.00 bits per heavy atom. The Morgan fingerprint density at radius 3 is 2.60 bits per heavy atom. The second-order valence-corrected chi connectivity index (χ2v) is 6.29. The normalized spacial score (nSPS) is 22.6. The number of aryl methyl sites for hydroxylation is 1. The Kier molecular flexibility index (Phi) is 4.86. The van der Waals surface area contributed by atoms with Crippen LogP contribution in [0.25, 0.3) is 0 Å². The number of benzene rings is 1. The molecule has 1 aliphatic carbocycles. The lowest BCUT2D eigenvalue weighted by Crippen LogP contribution is -2.20. The van der Waals surface area contributed by atoms with Gasteiger partial charge in [0.25, 0.3) is 5.69 Å². The summed E-state index contributed by atoms with van der Waals surface area (Å²) >= 11 is 5.96. The van der Waals surface area contributed by atoms with Crippen LogP contribution in [0.4, 0.5) is 11.4 Å². The van der Waals surface area contributed by atoms with Gasteiger partial charge >= 0.3 is 0 Å². The maximum absolute atomic E-state index is 10.8. The van der Waals surface area contributed by atoms with Crippen molar-refractivity contribution in [3.05, 3.63) is 32.8 Å². The van der Waals surface area contributed by atoms with Crippen molar-refractivity contribution in [2.45, 2.75) is 39.5 Å². The number of halogens is 1. The third-order valence-electron chi connectivity index (χ3n) is 4.21. The van der Waals surface area contributed by atoms with E-state index in [1.54, 1.807) is 6.07 Å². The van der Waals surface area contributed by atoms with Gasteiger partial charge in [-0.1, -0.05) is 31.4 Å². The highest BCUT2D eigenvalue weighted by atomic mass is 35.5. The second-order valence-electron chi connectivity index (χ2n) is 5.88. The van der Waals surface area contributed by atoms with E-state index in [0.717, 1.165) is 23.7 Å². The maximum Gasteiger partial charge on any atom is 0.288 e. The minimum Gasteiger partial charge on any atom is -0.385 e. The first kappa shape index (κ1) is 15.1. The van der Waals surface area contributed by atoms with Crippen LogP contribution in [0.3, 0.4) is 0 Å². The summed E-state index contributed by atoms with van der Waals surface area (Å²) < 4.78 is 0. The van der Waals surface area contributed by atoms with Gasteiger partial charge in [0.2, 0.25) is 0 Å². The number of nitro groups is 1. The van der Waals surface area contributed by atoms with Crippen LogP contribution in [-0.2, 0) is 0 Å². The van der Waals surface area contributed by atoms with Crippen molar-refractivity contribution in [3.8, 4) is 0 Å². The fraction of sp³-hybridized carbons (Fsp3) is 0.600. The van der Waals surface area contributed by atoms with E-state index in [4.69, 9.17) is 11.6 Å². The molecule has 0 aliphatic heterocycles. The van der Waals surface area contributed by atoms with Crippen molar-refractivity contribution in [3.63, 3.8) is 0 Å². The van der Waals surface area contributed by atoms with Crippen molar-refractivity contribution < 1.29 is 4.92 Å². The molecule has 0 heterocycles. The van der Waals surface area contributed by atoms with Gasteiger partial charge in [-0.15, -0.1) is 0 Å². The standard InChI is InChI=1S/C15H21ClN2O2/c1-10-3-5-12(6-4-10)9-17-14-8-13(16)15(18(19)20)7-11(14)2/h7-8,10,12,17H,3-6,9H2,1-2H3. The first-order chi connectivity index (χ1) is 9.47. The number of nitrogens with one attached hydrogen (secondary N) is 1. The van der Waals surface area contributed by atoms with Gasteiger partial charge in [0.15, 0.2) is 0 Å². The number of nitro benzene ring substituents is 1. The average Bonchev–Trinajstić information content (AvgIpc) is 2.41. The first-order valence-corrected chi connectivity index (χ1v) is 7.53. The molecular weight excluding hydrogens is 276 g/mol. The van der Waals surface area contributed by atoms with Gasteiger partial charge in [-0.25, -0.2) is 0 Å². The van der Waals surface area contributed by atoms with Gasteiger partial charge in [-0.05, 0) is 43.2 Å². The first-order valence-electron chi connectivity index (χ1n) is 7.15. The highest BCUT2D eigenvalue weighted by Crippen LogP contribution is 2.32. The fourth-order valence-corrected chi connectivity index (χ4v) is 3.02. The van der Waals surface area contributed by atoms with Crippen LogP contribution in [0.1, 0.15) is 38.2 Å². The molecule has 4 nitrogen and oxygen atoms in total. The number of hydrogen-bond donors (Lipinski definition) is 1. The summed E-state index contributed by atoms with van der Waals surface area (Å²) in [5, 5.41) is 14.4. The van der Waals surface area contributed by atoms with E-state index in [0.29, 0.717) is 5.92 Å². The zero-order valence-electron chi connectivity index (χ0n) is 12.0. The van der Waals surface area contributed by atoms with Crippen LogP contribution in [-0.4, -0.2) is 11.5 Å². The molecule has 1 N–H and O–H groups in total. The number of rotatable bonds is 4. The van der Waals surface area contributed by atoms with Gasteiger partial charge in [-0.2, -0.15) is 0 Å². The molecule has 0 spiro atoms. The molecule has 0 bridgehead atoms. The molecule has 1 saturated carbocycles. The van der Waals surface area contributed by atoms with Crippen LogP contribution >= 0.6 is 11.6 Å². The minimum absolute atomic E-state index is 0.0267. The lowest BCUT2D eigenvalue weighted by Gasteiger charge is -2.26. The zero-order chi connectivity index (χ0) is 14.7. The third kappa shape index (κ3) is 3.63. The van der Waals surface area contributed by atoms with Gasteiger partial charge in [0, 0.05) is 18.3 Å². The van der Waals surface area contributed by atoms with E-state index in [-0.39, 0.29) is 10.7 Å². The molecule has 2 rings (SSSR count). The van der Waals surface area contributed by atoms with E-state index in [1.165, 1.54) is 31.7 Å². The predicted molar refractivity (Wildman–Crippen MR) is 82.5 cm³/mol. The summed E-state index contributed by atoms with van der Waals surface area (Å²) in [7, 11) is 0. The average molecular weight is 297 g/mol. The highest BCUT2D eigenvalue weighted by Gasteiger charge is 2.19. The fourth-order valence-electron chi connectivity index (χ4n) is 2.78. The number of anilines is 1. The van der Waals surface area contributed by atoms with Crippen LogP contribution in [0.2, 0.25) is 5.02 Å². The van der Waals surface area contributed by atoms with Gasteiger partial charge in [0.05, 0.1) is 4.92 Å². The highest BCUT2D eigenvalue weighted by molar-refractivity contribution is 6.33. The second kappa shape index (κ2) is 6.44. The van der Waals surface area contributed by atoms with Crippen LogP contribution in [0.5, 0.6) is 0 Å². The molecule has 1 aromatic rings. The number of hydrogen-bond acceptors (Lipinski definition) is 3. The Balaban J connectivity index is 1.99. The van der Waals surface area contributed by atoms with Crippen LogP contribution < -0.4 is 5.32 Å². The Morgan fingerprint density at radius 1 is 1.35 bits per heavy atom. The lowest BCUT2D eigenvalue weighted by molar-refractivity contribution is -0.384. The molecule has 0 radical (unpaired) electrons.